The highest BCUT2D eigenvalue weighted by Gasteiger charge is 2.47. The number of carbonyl (C=O) groups is 4. The van der Waals surface area contributed by atoms with Crippen molar-refractivity contribution in [3.8, 4) is 0 Å². The van der Waals surface area contributed by atoms with Crippen LogP contribution in [0.3, 0.4) is 0 Å². The molecule has 1 aliphatic rings. The van der Waals surface area contributed by atoms with Gasteiger partial charge in [0.25, 0.3) is 11.8 Å². The van der Waals surface area contributed by atoms with Gasteiger partial charge in [-0.3, -0.25) is 19.3 Å². The Morgan fingerprint density at radius 3 is 2.52 bits per heavy atom. The second-order valence-electron chi connectivity index (χ2n) is 6.83. The van der Waals surface area contributed by atoms with Gasteiger partial charge >= 0.3 is 12.0 Å². The number of hydrogen-bond donors (Lipinski definition) is 2. The van der Waals surface area contributed by atoms with Crippen molar-refractivity contribution in [2.45, 2.75) is 45.6 Å². The second kappa shape index (κ2) is 8.66. The molecular weight excluding hydrogens is 350 g/mol. The van der Waals surface area contributed by atoms with E-state index in [1.54, 1.807) is 19.1 Å². The van der Waals surface area contributed by atoms with E-state index < -0.39 is 42.5 Å². The Kier molecular flexibility index (Phi) is 6.55. The fourth-order valence-electron chi connectivity index (χ4n) is 2.75. The summed E-state index contributed by atoms with van der Waals surface area (Å²) in [5, 5.41) is 5.22. The van der Waals surface area contributed by atoms with Crippen molar-refractivity contribution in [1.29, 1.82) is 0 Å². The molecule has 2 rings (SSSR count). The van der Waals surface area contributed by atoms with Gasteiger partial charge in [0, 0.05) is 5.69 Å². The van der Waals surface area contributed by atoms with Crippen LogP contribution in [0.25, 0.3) is 0 Å². The largest absolute Gasteiger partial charge is 0.454 e. The van der Waals surface area contributed by atoms with E-state index in [1.165, 1.54) is 0 Å². The number of anilines is 1. The van der Waals surface area contributed by atoms with Gasteiger partial charge in [0.05, 0.1) is 0 Å². The highest BCUT2D eigenvalue weighted by molar-refractivity contribution is 6.08. The van der Waals surface area contributed by atoms with Crippen LogP contribution in [-0.4, -0.2) is 47.4 Å². The Morgan fingerprint density at radius 1 is 1.22 bits per heavy atom. The van der Waals surface area contributed by atoms with Gasteiger partial charge in [-0.25, -0.2) is 4.79 Å². The van der Waals surface area contributed by atoms with Gasteiger partial charge in [-0.15, -0.1) is 0 Å². The Labute approximate surface area is 158 Å². The number of ether oxygens (including phenoxy) is 1. The molecule has 4 amide bonds. The minimum atomic E-state index is -1.00. The lowest BCUT2D eigenvalue weighted by molar-refractivity contribution is -0.150. The predicted molar refractivity (Wildman–Crippen MR) is 98.9 cm³/mol. The number of aryl methyl sites for hydroxylation is 1. The zero-order chi connectivity index (χ0) is 20.0. The fraction of sp³-hybridized carbons (Fsp3) is 0.474. The molecule has 0 unspecified atom stereocenters. The molecule has 0 aliphatic carbocycles. The van der Waals surface area contributed by atoms with Crippen molar-refractivity contribution >= 4 is 29.5 Å². The summed E-state index contributed by atoms with van der Waals surface area (Å²) in [6, 6.07) is 6.53. The molecule has 8 nitrogen and oxygen atoms in total. The maximum absolute atomic E-state index is 12.4. The van der Waals surface area contributed by atoms with Crippen LogP contribution in [0.2, 0.25) is 0 Å². The second-order valence-corrected chi connectivity index (χ2v) is 6.83. The molecule has 8 heteroatoms. The minimum Gasteiger partial charge on any atom is -0.454 e. The number of benzene rings is 1. The Bertz CT molecular complexity index is 731. The SMILES string of the molecule is CCCC[C@@]1(C)NC(=O)N(CC(=O)OCC(=O)Nc2ccc(C)cc2)C1=O. The zero-order valence-electron chi connectivity index (χ0n) is 15.8. The van der Waals surface area contributed by atoms with E-state index in [9.17, 15) is 19.2 Å². The molecule has 1 atom stereocenters. The third kappa shape index (κ3) is 5.29. The summed E-state index contributed by atoms with van der Waals surface area (Å²) in [7, 11) is 0. The molecule has 1 aliphatic heterocycles. The summed E-state index contributed by atoms with van der Waals surface area (Å²) in [5.41, 5.74) is 0.636. The van der Waals surface area contributed by atoms with Gasteiger partial charge in [-0.2, -0.15) is 0 Å². The van der Waals surface area contributed by atoms with Crippen molar-refractivity contribution in [2.75, 3.05) is 18.5 Å². The molecule has 1 aromatic carbocycles. The number of hydrogen-bond acceptors (Lipinski definition) is 5. The average molecular weight is 375 g/mol. The average Bonchev–Trinajstić information content (AvgIpc) is 2.84. The van der Waals surface area contributed by atoms with Crippen LogP contribution < -0.4 is 10.6 Å². The number of esters is 1. The van der Waals surface area contributed by atoms with Gasteiger partial charge in [0.15, 0.2) is 6.61 Å². The number of urea groups is 1. The van der Waals surface area contributed by atoms with E-state index in [0.29, 0.717) is 12.1 Å². The van der Waals surface area contributed by atoms with Crippen molar-refractivity contribution in [1.82, 2.24) is 10.2 Å². The summed E-state index contributed by atoms with van der Waals surface area (Å²) in [6.07, 6.45) is 2.16. The van der Waals surface area contributed by atoms with Crippen LogP contribution in [-0.2, 0) is 19.1 Å². The number of rotatable bonds is 8. The lowest BCUT2D eigenvalue weighted by Crippen LogP contribution is -2.44. The van der Waals surface area contributed by atoms with Gasteiger partial charge in [0.2, 0.25) is 0 Å². The predicted octanol–water partition coefficient (Wildman–Crippen LogP) is 1.98. The number of imide groups is 1. The number of unbranched alkanes of at least 4 members (excludes halogenated alkanes) is 1. The van der Waals surface area contributed by atoms with Crippen LogP contribution in [0, 0.1) is 6.92 Å². The lowest BCUT2D eigenvalue weighted by Gasteiger charge is -2.21. The maximum Gasteiger partial charge on any atom is 0.326 e. The summed E-state index contributed by atoms with van der Waals surface area (Å²) < 4.78 is 4.88. The monoisotopic (exact) mass is 375 g/mol. The van der Waals surface area contributed by atoms with E-state index in [0.717, 1.165) is 23.3 Å². The number of amides is 4. The van der Waals surface area contributed by atoms with Crippen molar-refractivity contribution < 1.29 is 23.9 Å². The first-order valence-electron chi connectivity index (χ1n) is 8.91. The standard InChI is InChI=1S/C19H25N3O5/c1-4-5-10-19(3)17(25)22(18(26)21-19)11-16(24)27-12-15(23)20-14-8-6-13(2)7-9-14/h6-9H,4-5,10-12H2,1-3H3,(H,20,23)(H,21,26)/t19-/m1/s1. The van der Waals surface area contributed by atoms with E-state index in [-0.39, 0.29) is 0 Å². The van der Waals surface area contributed by atoms with E-state index >= 15 is 0 Å². The summed E-state index contributed by atoms with van der Waals surface area (Å²) in [6.45, 7) is 4.54. The van der Waals surface area contributed by atoms with Gasteiger partial charge < -0.3 is 15.4 Å². The normalized spacial score (nSPS) is 19.0. The molecular formula is C19H25N3O5. The number of carbonyl (C=O) groups excluding carboxylic acids is 4. The quantitative estimate of drug-likeness (QED) is 0.534. The highest BCUT2D eigenvalue weighted by atomic mass is 16.5. The molecule has 27 heavy (non-hydrogen) atoms. The van der Waals surface area contributed by atoms with Crippen molar-refractivity contribution in [2.24, 2.45) is 0 Å². The molecule has 1 aromatic rings. The number of nitrogens with zero attached hydrogens (tertiary/aromatic N) is 1. The molecule has 0 radical (unpaired) electrons. The molecule has 0 spiro atoms. The first-order chi connectivity index (χ1) is 12.7. The molecule has 0 aromatic heterocycles. The lowest BCUT2D eigenvalue weighted by atomic mass is 9.95. The number of nitrogens with one attached hydrogen (secondary N) is 2. The topological polar surface area (TPSA) is 105 Å². The zero-order valence-corrected chi connectivity index (χ0v) is 15.8. The fourth-order valence-corrected chi connectivity index (χ4v) is 2.75. The Morgan fingerprint density at radius 2 is 1.89 bits per heavy atom. The smallest absolute Gasteiger partial charge is 0.326 e. The van der Waals surface area contributed by atoms with Gasteiger partial charge in [-0.1, -0.05) is 37.5 Å². The maximum atomic E-state index is 12.4. The first-order valence-corrected chi connectivity index (χ1v) is 8.91. The van der Waals surface area contributed by atoms with Crippen molar-refractivity contribution in [3.63, 3.8) is 0 Å². The van der Waals surface area contributed by atoms with Crippen molar-refractivity contribution in [3.05, 3.63) is 29.8 Å². The molecule has 2 N–H and O–H groups in total. The molecule has 0 saturated carbocycles. The molecule has 0 bridgehead atoms. The third-order valence-corrected chi connectivity index (χ3v) is 4.36. The van der Waals surface area contributed by atoms with Crippen LogP contribution in [0.4, 0.5) is 10.5 Å². The third-order valence-electron chi connectivity index (χ3n) is 4.36. The van der Waals surface area contributed by atoms with Crippen LogP contribution in [0.5, 0.6) is 0 Å². The molecule has 1 fully saturated rings. The van der Waals surface area contributed by atoms with Crippen LogP contribution >= 0.6 is 0 Å². The highest BCUT2D eigenvalue weighted by Crippen LogP contribution is 2.23. The van der Waals surface area contributed by atoms with E-state index in [2.05, 4.69) is 10.6 Å². The Balaban J connectivity index is 1.82. The van der Waals surface area contributed by atoms with Crippen LogP contribution in [0.1, 0.15) is 38.7 Å². The minimum absolute atomic E-state index is 0.456. The molecule has 1 saturated heterocycles. The Hall–Kier alpha value is -2.90. The summed E-state index contributed by atoms with van der Waals surface area (Å²) in [5.74, 6) is -1.78. The summed E-state index contributed by atoms with van der Waals surface area (Å²) in [4.78, 5) is 49.1. The van der Waals surface area contributed by atoms with Crippen LogP contribution in [0.15, 0.2) is 24.3 Å². The molecule has 146 valence electrons. The van der Waals surface area contributed by atoms with E-state index in [4.69, 9.17) is 4.74 Å². The van der Waals surface area contributed by atoms with Gasteiger partial charge in [-0.05, 0) is 32.4 Å². The van der Waals surface area contributed by atoms with E-state index in [1.807, 2.05) is 26.0 Å². The first kappa shape index (κ1) is 20.4. The van der Waals surface area contributed by atoms with Gasteiger partial charge in [0.1, 0.15) is 12.1 Å². The summed E-state index contributed by atoms with van der Waals surface area (Å²) >= 11 is 0. The molecule has 1 heterocycles.